The number of carbonyl (C=O) groups excluding carboxylic acids is 3. The lowest BCUT2D eigenvalue weighted by Gasteiger charge is -2.44. The standard InChI is InChI=1S/C13H17N3O5/c1-4-5-21-13(20)11(15-14)12(19)7(2)9-6-10(18)16(9)8(3)17/h4,7-9,17H,1,5-6H2,2-3H3/t7?,8-,9?/m0/s1. The SMILES string of the molecule is C=CCOC(=O)C(=[N+]=[N-])C(=O)C(C)C1CC(=O)N1[C@H](C)O. The summed E-state index contributed by atoms with van der Waals surface area (Å²) in [6, 6.07) is -0.547. The molecule has 114 valence electrons. The van der Waals surface area contributed by atoms with Crippen LogP contribution in [-0.2, 0) is 19.1 Å². The highest BCUT2D eigenvalue weighted by atomic mass is 16.5. The van der Waals surface area contributed by atoms with Gasteiger partial charge >= 0.3 is 11.7 Å². The number of Topliss-reactive ketones (excluding diaryl/α,β-unsaturated/α-hetero) is 1. The highest BCUT2D eigenvalue weighted by molar-refractivity contribution is 6.62. The topological polar surface area (TPSA) is 120 Å². The van der Waals surface area contributed by atoms with E-state index in [1.807, 2.05) is 0 Å². The third-order valence-electron chi connectivity index (χ3n) is 3.28. The minimum Gasteiger partial charge on any atom is -0.453 e. The number of nitrogens with zero attached hydrogens (tertiary/aromatic N) is 3. The number of hydrogen-bond donors (Lipinski definition) is 1. The quantitative estimate of drug-likeness (QED) is 0.129. The van der Waals surface area contributed by atoms with Gasteiger partial charge in [0.25, 0.3) is 5.78 Å². The molecule has 8 nitrogen and oxygen atoms in total. The fourth-order valence-electron chi connectivity index (χ4n) is 2.14. The van der Waals surface area contributed by atoms with Gasteiger partial charge in [0.2, 0.25) is 5.91 Å². The second kappa shape index (κ2) is 6.92. The molecule has 0 radical (unpaired) electrons. The first kappa shape index (κ1) is 16.7. The van der Waals surface area contributed by atoms with Gasteiger partial charge in [0.15, 0.2) is 0 Å². The Kier molecular flexibility index (Phi) is 5.52. The van der Waals surface area contributed by atoms with E-state index in [0.29, 0.717) is 0 Å². The molecule has 0 bridgehead atoms. The number of hydrogen-bond acceptors (Lipinski definition) is 5. The number of ketones is 1. The molecule has 1 amide bonds. The van der Waals surface area contributed by atoms with Crippen molar-refractivity contribution in [2.45, 2.75) is 32.5 Å². The molecule has 0 aromatic carbocycles. The van der Waals surface area contributed by atoms with Gasteiger partial charge in [-0.05, 0) is 6.92 Å². The van der Waals surface area contributed by atoms with E-state index in [4.69, 9.17) is 5.53 Å². The lowest BCUT2D eigenvalue weighted by Crippen LogP contribution is -2.61. The molecule has 1 aliphatic rings. The molecule has 1 fully saturated rings. The van der Waals surface area contributed by atoms with Crippen LogP contribution in [-0.4, -0.2) is 57.0 Å². The van der Waals surface area contributed by atoms with Crippen LogP contribution in [0, 0.1) is 5.92 Å². The van der Waals surface area contributed by atoms with Crippen molar-refractivity contribution in [2.24, 2.45) is 5.92 Å². The lowest BCUT2D eigenvalue weighted by molar-refractivity contribution is -0.165. The minimum atomic E-state index is -1.07. The van der Waals surface area contributed by atoms with Gasteiger partial charge in [-0.2, -0.15) is 4.79 Å². The monoisotopic (exact) mass is 295 g/mol. The van der Waals surface area contributed by atoms with Crippen molar-refractivity contribution in [2.75, 3.05) is 6.61 Å². The average Bonchev–Trinajstić information content (AvgIpc) is 2.41. The minimum absolute atomic E-state index is 0.0816. The molecular weight excluding hydrogens is 278 g/mol. The maximum Gasteiger partial charge on any atom is 0.441 e. The third kappa shape index (κ3) is 3.42. The Balaban J connectivity index is 2.82. The summed E-state index contributed by atoms with van der Waals surface area (Å²) in [5.74, 6) is -2.91. The highest BCUT2D eigenvalue weighted by Gasteiger charge is 2.48. The first-order valence-corrected chi connectivity index (χ1v) is 6.38. The zero-order valence-electron chi connectivity index (χ0n) is 11.9. The van der Waals surface area contributed by atoms with Crippen molar-refractivity contribution in [3.8, 4) is 0 Å². The fraction of sp³-hybridized carbons (Fsp3) is 0.538. The maximum atomic E-state index is 12.2. The zero-order chi connectivity index (χ0) is 16.2. The van der Waals surface area contributed by atoms with Crippen LogP contribution >= 0.6 is 0 Å². The molecule has 1 heterocycles. The number of ether oxygens (including phenoxy) is 1. The molecule has 0 aromatic heterocycles. The van der Waals surface area contributed by atoms with E-state index in [1.54, 1.807) is 0 Å². The van der Waals surface area contributed by atoms with E-state index in [-0.39, 0.29) is 18.9 Å². The zero-order valence-corrected chi connectivity index (χ0v) is 11.9. The van der Waals surface area contributed by atoms with Crippen LogP contribution in [0.1, 0.15) is 20.3 Å². The molecule has 3 atom stereocenters. The molecule has 21 heavy (non-hydrogen) atoms. The Morgan fingerprint density at radius 1 is 1.62 bits per heavy atom. The van der Waals surface area contributed by atoms with Crippen LogP contribution in [0.2, 0.25) is 0 Å². The van der Waals surface area contributed by atoms with Crippen LogP contribution in [0.25, 0.3) is 5.53 Å². The molecule has 1 N–H and O–H groups in total. The van der Waals surface area contributed by atoms with Gasteiger partial charge in [-0.15, -0.1) is 0 Å². The van der Waals surface area contributed by atoms with Crippen LogP contribution in [0.15, 0.2) is 12.7 Å². The Hall–Kier alpha value is -2.31. The number of rotatable bonds is 7. The highest BCUT2D eigenvalue weighted by Crippen LogP contribution is 2.28. The van der Waals surface area contributed by atoms with Crippen molar-refractivity contribution in [3.05, 3.63) is 18.2 Å². The number of β-lactam (4-membered cyclic amide) rings is 1. The molecule has 0 aliphatic carbocycles. The van der Waals surface area contributed by atoms with Crippen molar-refractivity contribution in [1.29, 1.82) is 0 Å². The maximum absolute atomic E-state index is 12.2. The van der Waals surface area contributed by atoms with Gasteiger partial charge in [0, 0.05) is 12.3 Å². The normalized spacial score (nSPS) is 19.9. The molecule has 0 saturated carbocycles. The van der Waals surface area contributed by atoms with Gasteiger partial charge in [-0.1, -0.05) is 19.6 Å². The lowest BCUT2D eigenvalue weighted by atomic mass is 9.85. The smallest absolute Gasteiger partial charge is 0.441 e. The van der Waals surface area contributed by atoms with Crippen LogP contribution in [0.3, 0.4) is 0 Å². The molecule has 1 aliphatic heterocycles. The van der Waals surface area contributed by atoms with Crippen LogP contribution < -0.4 is 0 Å². The molecule has 1 rings (SSSR count). The number of likely N-dealkylation sites (tertiary alicyclic amines) is 1. The Labute approximate surface area is 121 Å². The fourth-order valence-corrected chi connectivity index (χ4v) is 2.14. The number of aliphatic hydroxyl groups is 1. The largest absolute Gasteiger partial charge is 0.453 e. The summed E-state index contributed by atoms with van der Waals surface area (Å²) < 4.78 is 4.64. The molecule has 0 spiro atoms. The van der Waals surface area contributed by atoms with E-state index in [1.165, 1.54) is 19.9 Å². The summed E-state index contributed by atoms with van der Waals surface area (Å²) >= 11 is 0. The summed E-state index contributed by atoms with van der Waals surface area (Å²) in [5.41, 5.74) is 8.08. The van der Waals surface area contributed by atoms with Gasteiger partial charge in [0.05, 0.1) is 6.04 Å². The number of carbonyl (C=O) groups is 3. The number of amides is 1. The van der Waals surface area contributed by atoms with E-state index >= 15 is 0 Å². The first-order chi connectivity index (χ1) is 9.84. The van der Waals surface area contributed by atoms with E-state index in [0.717, 1.165) is 4.90 Å². The summed E-state index contributed by atoms with van der Waals surface area (Å²) in [7, 11) is 0. The van der Waals surface area contributed by atoms with Crippen LogP contribution in [0.5, 0.6) is 0 Å². The van der Waals surface area contributed by atoms with Crippen molar-refractivity contribution < 1.29 is 29.0 Å². The number of aliphatic hydroxyl groups excluding tert-OH is 1. The molecule has 2 unspecified atom stereocenters. The molecule has 8 heteroatoms. The molecule has 0 aromatic rings. The predicted molar refractivity (Wildman–Crippen MR) is 70.9 cm³/mol. The summed E-state index contributed by atoms with van der Waals surface area (Å²) in [5, 5.41) is 9.48. The first-order valence-electron chi connectivity index (χ1n) is 6.38. The third-order valence-corrected chi connectivity index (χ3v) is 3.28. The van der Waals surface area contributed by atoms with Gasteiger partial charge in [-0.25, -0.2) is 4.79 Å². The molecular formula is C13H17N3O5. The van der Waals surface area contributed by atoms with E-state index in [9.17, 15) is 19.5 Å². The van der Waals surface area contributed by atoms with Crippen LogP contribution in [0.4, 0.5) is 0 Å². The second-order valence-corrected chi connectivity index (χ2v) is 4.69. The van der Waals surface area contributed by atoms with Crippen molar-refractivity contribution >= 4 is 23.4 Å². The Morgan fingerprint density at radius 2 is 2.24 bits per heavy atom. The summed E-state index contributed by atoms with van der Waals surface area (Å²) in [6.07, 6.45) is 0.354. The van der Waals surface area contributed by atoms with Gasteiger partial charge in [0.1, 0.15) is 12.8 Å². The summed E-state index contributed by atoms with van der Waals surface area (Å²) in [4.78, 5) is 39.0. The Morgan fingerprint density at radius 3 is 2.67 bits per heavy atom. The Bertz CT molecular complexity index is 522. The second-order valence-electron chi connectivity index (χ2n) is 4.69. The van der Waals surface area contributed by atoms with Gasteiger partial charge in [-0.3, -0.25) is 9.59 Å². The van der Waals surface area contributed by atoms with E-state index in [2.05, 4.69) is 16.1 Å². The average molecular weight is 295 g/mol. The van der Waals surface area contributed by atoms with Crippen molar-refractivity contribution in [3.63, 3.8) is 0 Å². The number of esters is 1. The van der Waals surface area contributed by atoms with Gasteiger partial charge < -0.3 is 20.3 Å². The van der Waals surface area contributed by atoms with E-state index < -0.39 is 35.7 Å². The summed E-state index contributed by atoms with van der Waals surface area (Å²) in [6.45, 7) is 6.12. The van der Waals surface area contributed by atoms with Crippen molar-refractivity contribution in [1.82, 2.24) is 4.90 Å². The molecule has 1 saturated heterocycles. The predicted octanol–water partition coefficient (Wildman–Crippen LogP) is -0.469.